The number of amides is 3. The van der Waals surface area contributed by atoms with Crippen LogP contribution >= 0.6 is 0 Å². The van der Waals surface area contributed by atoms with E-state index in [1.165, 1.54) is 6.08 Å². The first kappa shape index (κ1) is 23.4. The summed E-state index contributed by atoms with van der Waals surface area (Å²) in [6.07, 6.45) is -0.337. The number of urea groups is 1. The van der Waals surface area contributed by atoms with Crippen molar-refractivity contribution in [2.45, 2.75) is 25.4 Å². The molecule has 2 aliphatic rings. The van der Waals surface area contributed by atoms with Crippen LogP contribution in [0.15, 0.2) is 11.6 Å². The maximum atomic E-state index is 13.2. The Kier molecular flexibility index (Phi) is 7.82. The predicted molar refractivity (Wildman–Crippen MR) is 82.1 cm³/mol. The average Bonchev–Trinajstić information content (AvgIpc) is 2.75. The Hall–Kier alpha value is -1.65. The first-order chi connectivity index (χ1) is 12.0. The number of carboxylic acid groups (broad SMARTS) is 1. The topological polar surface area (TPSA) is 148 Å². The molecule has 0 unspecified atom stereocenters. The second-order valence-electron chi connectivity index (χ2n) is 5.84. The van der Waals surface area contributed by atoms with Crippen LogP contribution in [0.1, 0.15) is 6.92 Å². The van der Waals surface area contributed by atoms with E-state index in [-0.39, 0.29) is 38.5 Å². The summed E-state index contributed by atoms with van der Waals surface area (Å²) in [4.78, 5) is 40.7. The molecule has 2 N–H and O–H groups in total. The van der Waals surface area contributed by atoms with Crippen molar-refractivity contribution in [3.05, 3.63) is 11.6 Å². The normalized spacial score (nSPS) is 22.8. The second kappa shape index (κ2) is 9.03. The number of hydroxylamine groups is 2. The van der Waals surface area contributed by atoms with Gasteiger partial charge in [0.25, 0.3) is 6.36 Å². The average molecular weight is 400 g/mol. The molecule has 1 saturated heterocycles. The van der Waals surface area contributed by atoms with Crippen molar-refractivity contribution in [1.29, 1.82) is 0 Å². The largest absolute Gasteiger partial charge is 1.00 e. The molecule has 1 fully saturated rings. The fourth-order valence-corrected chi connectivity index (χ4v) is 3.20. The third-order valence-electron chi connectivity index (χ3n) is 3.75. The first-order valence-corrected chi connectivity index (χ1v) is 9.42. The van der Waals surface area contributed by atoms with Gasteiger partial charge in [0.15, 0.2) is 0 Å². The number of sulfonamides is 1. The standard InChI is InChI=1S/C13H19FN4O7S.Li/c1-7-5-8-6-17(13(22)18(8)25-10(14)12(20)21)9(7)11(19)15-3-4-16-26(2,23)24;/h5,8-10,16H,3-4,6H2,1-2H3,(H,15,19)(H,20,21);/q;+1/p-1/t8-,9+,10-;/m1./s1. The molecule has 2 rings (SSSR count). The summed E-state index contributed by atoms with van der Waals surface area (Å²) in [6.45, 7) is 1.57. The van der Waals surface area contributed by atoms with Crippen molar-refractivity contribution in [1.82, 2.24) is 20.0 Å². The number of carbonyl (C=O) groups excluding carboxylic acids is 3. The van der Waals surface area contributed by atoms with Gasteiger partial charge in [-0.05, 0) is 12.5 Å². The van der Waals surface area contributed by atoms with Crippen LogP contribution in [0, 0.1) is 0 Å². The number of rotatable bonds is 8. The van der Waals surface area contributed by atoms with Crippen LogP contribution in [-0.4, -0.2) is 80.6 Å². The number of hydrogen-bond donors (Lipinski definition) is 2. The molecule has 0 spiro atoms. The molecule has 11 nitrogen and oxygen atoms in total. The van der Waals surface area contributed by atoms with E-state index in [0.717, 1.165) is 11.2 Å². The zero-order valence-corrected chi connectivity index (χ0v) is 15.8. The Morgan fingerprint density at radius 3 is 2.63 bits per heavy atom. The minimum atomic E-state index is -3.39. The molecule has 0 saturated carbocycles. The van der Waals surface area contributed by atoms with E-state index < -0.39 is 46.4 Å². The van der Waals surface area contributed by atoms with Gasteiger partial charge in [-0.2, -0.15) is 5.06 Å². The van der Waals surface area contributed by atoms with Crippen LogP contribution in [0.4, 0.5) is 9.18 Å². The first-order valence-electron chi connectivity index (χ1n) is 7.53. The maximum Gasteiger partial charge on any atom is 1.00 e. The SMILES string of the molecule is CC1=C[C@@H]2CN(C(=O)N2O[C@@H](F)C(=O)[O-])[C@@H]1C(=O)NCCNS(C)(=O)=O.[Li+]. The summed E-state index contributed by atoms with van der Waals surface area (Å²) in [6, 6.07) is -2.59. The van der Waals surface area contributed by atoms with Gasteiger partial charge in [0.2, 0.25) is 15.9 Å². The summed E-state index contributed by atoms with van der Waals surface area (Å²) in [5.74, 6) is -2.68. The Balaban J connectivity index is 0.00000364. The van der Waals surface area contributed by atoms with Crippen LogP contribution < -0.4 is 34.0 Å². The monoisotopic (exact) mass is 400 g/mol. The van der Waals surface area contributed by atoms with Gasteiger partial charge in [-0.25, -0.2) is 27.2 Å². The van der Waals surface area contributed by atoms with E-state index in [9.17, 15) is 32.3 Å². The minimum absolute atomic E-state index is 0. The van der Waals surface area contributed by atoms with E-state index in [4.69, 9.17) is 0 Å². The Labute approximate surface area is 167 Å². The maximum absolute atomic E-state index is 13.2. The van der Waals surface area contributed by atoms with Gasteiger partial charge in [0.1, 0.15) is 12.0 Å². The van der Waals surface area contributed by atoms with Gasteiger partial charge in [0.05, 0.1) is 18.8 Å². The number of hydrogen-bond acceptors (Lipinski definition) is 7. The van der Waals surface area contributed by atoms with Crippen LogP contribution in [0.5, 0.6) is 0 Å². The molecule has 146 valence electrons. The smallest absolute Gasteiger partial charge is 0.544 e. The molecule has 0 radical (unpaired) electrons. The summed E-state index contributed by atoms with van der Waals surface area (Å²) >= 11 is 0. The number of nitrogens with zero attached hydrogens (tertiary/aromatic N) is 2. The minimum Gasteiger partial charge on any atom is -0.544 e. The summed E-state index contributed by atoms with van der Waals surface area (Å²) in [7, 11) is -3.39. The Morgan fingerprint density at radius 2 is 2.07 bits per heavy atom. The molecular weight excluding hydrogens is 382 g/mol. The van der Waals surface area contributed by atoms with E-state index in [0.29, 0.717) is 10.6 Å². The Morgan fingerprint density at radius 1 is 1.44 bits per heavy atom. The van der Waals surface area contributed by atoms with E-state index in [1.54, 1.807) is 6.92 Å². The summed E-state index contributed by atoms with van der Waals surface area (Å²) in [5, 5.41) is 13.5. The van der Waals surface area contributed by atoms with Gasteiger partial charge >= 0.3 is 24.9 Å². The zero-order chi connectivity index (χ0) is 19.6. The molecule has 27 heavy (non-hydrogen) atoms. The number of fused-ring (bicyclic) bond motifs is 2. The van der Waals surface area contributed by atoms with Crippen molar-refractivity contribution < 1.29 is 56.0 Å². The quantitative estimate of drug-likeness (QED) is 0.234. The number of halogens is 1. The van der Waals surface area contributed by atoms with Gasteiger partial charge in [0, 0.05) is 13.1 Å². The number of nitrogens with one attached hydrogen (secondary N) is 2. The number of carboxylic acids is 1. The van der Waals surface area contributed by atoms with Crippen molar-refractivity contribution >= 4 is 27.9 Å². The van der Waals surface area contributed by atoms with Crippen molar-refractivity contribution in [3.8, 4) is 0 Å². The van der Waals surface area contributed by atoms with Crippen molar-refractivity contribution in [2.24, 2.45) is 0 Å². The predicted octanol–water partition coefficient (Wildman–Crippen LogP) is -5.93. The molecule has 3 atom stereocenters. The van der Waals surface area contributed by atoms with Crippen LogP contribution in [-0.2, 0) is 24.4 Å². The molecule has 2 bridgehead atoms. The van der Waals surface area contributed by atoms with Crippen LogP contribution in [0.3, 0.4) is 0 Å². The molecule has 14 heteroatoms. The number of carbonyl (C=O) groups is 3. The molecule has 0 aromatic heterocycles. The van der Waals surface area contributed by atoms with E-state index in [2.05, 4.69) is 14.9 Å². The third kappa shape index (κ3) is 5.66. The molecule has 2 heterocycles. The fourth-order valence-electron chi connectivity index (χ4n) is 2.73. The molecule has 0 aromatic rings. The second-order valence-corrected chi connectivity index (χ2v) is 7.67. The van der Waals surface area contributed by atoms with Crippen LogP contribution in [0.25, 0.3) is 0 Å². The van der Waals surface area contributed by atoms with Gasteiger partial charge in [-0.15, -0.1) is 0 Å². The summed E-state index contributed by atoms with van der Waals surface area (Å²) in [5.41, 5.74) is 0.484. The van der Waals surface area contributed by atoms with Crippen LogP contribution in [0.2, 0.25) is 0 Å². The number of alkyl halides is 1. The molecular formula is C13H18FLiN4O7S. The van der Waals surface area contributed by atoms with Crippen molar-refractivity contribution in [3.63, 3.8) is 0 Å². The fraction of sp³-hybridized carbons (Fsp3) is 0.615. The van der Waals surface area contributed by atoms with Gasteiger partial charge in [-0.1, -0.05) is 6.08 Å². The molecule has 0 aliphatic carbocycles. The summed E-state index contributed by atoms with van der Waals surface area (Å²) < 4.78 is 37.3. The third-order valence-corrected chi connectivity index (χ3v) is 4.47. The molecule has 3 amide bonds. The Bertz CT molecular complexity index is 747. The van der Waals surface area contributed by atoms with E-state index >= 15 is 0 Å². The molecule has 2 aliphatic heterocycles. The zero-order valence-electron chi connectivity index (χ0n) is 15.0. The van der Waals surface area contributed by atoms with E-state index in [1.807, 2.05) is 0 Å². The van der Waals surface area contributed by atoms with Gasteiger partial charge < -0.3 is 20.1 Å². The number of aliphatic carboxylic acids is 1. The molecule has 0 aromatic carbocycles. The van der Waals surface area contributed by atoms with Gasteiger partial charge in [-0.3, -0.25) is 4.79 Å². The van der Waals surface area contributed by atoms with Crippen molar-refractivity contribution in [2.75, 3.05) is 25.9 Å².